The molecule has 0 bridgehead atoms. The number of hydrogen-bond donors (Lipinski definition) is 1. The van der Waals surface area contributed by atoms with Gasteiger partial charge in [-0.15, -0.1) is 0 Å². The molecule has 0 spiro atoms. The van der Waals surface area contributed by atoms with Crippen LogP contribution in [0.15, 0.2) is 18.2 Å². The molecule has 2 rings (SSSR count). The second-order valence-electron chi connectivity index (χ2n) is 4.86. The van der Waals surface area contributed by atoms with Gasteiger partial charge < -0.3 is 9.84 Å². The second kappa shape index (κ2) is 6.64. The van der Waals surface area contributed by atoms with Gasteiger partial charge in [0.2, 0.25) is 0 Å². The number of hydrogen-bond acceptors (Lipinski definition) is 5. The largest absolute Gasteiger partial charge is 0.482 e. The van der Waals surface area contributed by atoms with Crippen LogP contribution in [-0.2, 0) is 21.2 Å². The maximum atomic E-state index is 11.4. The number of halogens is 1. The Hall–Kier alpha value is -1.31. The minimum atomic E-state index is -2.92. The van der Waals surface area contributed by atoms with E-state index in [1.54, 1.807) is 18.2 Å². The predicted molar refractivity (Wildman–Crippen MR) is 78.5 cm³/mol. The number of carbonyl (C=O) groups is 1. The zero-order valence-corrected chi connectivity index (χ0v) is 12.9. The fourth-order valence-corrected chi connectivity index (χ4v) is 3.57. The molecule has 0 radical (unpaired) electrons. The number of ether oxygens (including phenoxy) is 1. The van der Waals surface area contributed by atoms with E-state index in [1.165, 1.54) is 0 Å². The molecular formula is C13H16ClNO5S. The van der Waals surface area contributed by atoms with Crippen LogP contribution in [-0.4, -0.2) is 55.6 Å². The molecule has 6 nitrogen and oxygen atoms in total. The summed E-state index contributed by atoms with van der Waals surface area (Å²) >= 11 is 5.96. The third-order valence-corrected chi connectivity index (χ3v) is 5.05. The first kappa shape index (κ1) is 16.1. The number of nitrogens with zero attached hydrogens (tertiary/aromatic N) is 1. The lowest BCUT2D eigenvalue weighted by molar-refractivity contribution is -0.139. The van der Waals surface area contributed by atoms with Crippen molar-refractivity contribution in [1.82, 2.24) is 4.90 Å². The average molecular weight is 334 g/mol. The van der Waals surface area contributed by atoms with Gasteiger partial charge in [0.05, 0.1) is 11.5 Å². The molecule has 1 fully saturated rings. The lowest BCUT2D eigenvalue weighted by atomic mass is 10.2. The Morgan fingerprint density at radius 2 is 2.00 bits per heavy atom. The van der Waals surface area contributed by atoms with Gasteiger partial charge in [0.25, 0.3) is 0 Å². The Bertz CT molecular complexity index is 617. The Morgan fingerprint density at radius 3 is 2.62 bits per heavy atom. The van der Waals surface area contributed by atoms with Crippen molar-refractivity contribution in [2.75, 3.05) is 31.2 Å². The van der Waals surface area contributed by atoms with Gasteiger partial charge in [-0.1, -0.05) is 11.6 Å². The highest BCUT2D eigenvalue weighted by atomic mass is 35.5. The van der Waals surface area contributed by atoms with Gasteiger partial charge in [0, 0.05) is 30.2 Å². The highest BCUT2D eigenvalue weighted by molar-refractivity contribution is 7.91. The Balaban J connectivity index is 2.07. The highest BCUT2D eigenvalue weighted by Crippen LogP contribution is 2.25. The number of carboxylic acids is 1. The topological polar surface area (TPSA) is 83.9 Å². The zero-order valence-electron chi connectivity index (χ0n) is 11.3. The summed E-state index contributed by atoms with van der Waals surface area (Å²) in [6, 6.07) is 4.96. The van der Waals surface area contributed by atoms with E-state index in [4.69, 9.17) is 21.4 Å². The summed E-state index contributed by atoms with van der Waals surface area (Å²) in [5.41, 5.74) is 0.753. The van der Waals surface area contributed by atoms with Crippen molar-refractivity contribution < 1.29 is 23.1 Å². The van der Waals surface area contributed by atoms with Gasteiger partial charge in [0.1, 0.15) is 5.75 Å². The van der Waals surface area contributed by atoms with Crippen molar-refractivity contribution >= 4 is 27.4 Å². The third-order valence-electron chi connectivity index (χ3n) is 3.20. The van der Waals surface area contributed by atoms with Gasteiger partial charge in [-0.3, -0.25) is 4.90 Å². The van der Waals surface area contributed by atoms with E-state index in [9.17, 15) is 13.2 Å². The number of carboxylic acid groups (broad SMARTS) is 1. The van der Waals surface area contributed by atoms with Crippen LogP contribution in [0.25, 0.3) is 0 Å². The zero-order chi connectivity index (χ0) is 15.5. The number of rotatable bonds is 5. The van der Waals surface area contributed by atoms with Crippen LogP contribution in [0, 0.1) is 0 Å². The monoisotopic (exact) mass is 333 g/mol. The second-order valence-corrected chi connectivity index (χ2v) is 7.60. The Morgan fingerprint density at radius 1 is 1.33 bits per heavy atom. The summed E-state index contributed by atoms with van der Waals surface area (Å²) in [6.07, 6.45) is 0. The molecule has 1 aromatic carbocycles. The van der Waals surface area contributed by atoms with Crippen LogP contribution < -0.4 is 4.74 Å². The predicted octanol–water partition coefficient (Wildman–Crippen LogP) is 1.03. The molecule has 1 heterocycles. The van der Waals surface area contributed by atoms with Gasteiger partial charge in [-0.05, 0) is 18.2 Å². The first-order valence-electron chi connectivity index (χ1n) is 6.41. The van der Waals surface area contributed by atoms with Crippen LogP contribution >= 0.6 is 11.6 Å². The molecule has 0 aliphatic carbocycles. The van der Waals surface area contributed by atoms with Crippen molar-refractivity contribution in [3.05, 3.63) is 28.8 Å². The summed E-state index contributed by atoms with van der Waals surface area (Å²) in [5, 5.41) is 9.20. The lowest BCUT2D eigenvalue weighted by Crippen LogP contribution is -2.39. The highest BCUT2D eigenvalue weighted by Gasteiger charge is 2.22. The summed E-state index contributed by atoms with van der Waals surface area (Å²) in [5.74, 6) is -0.326. The first-order valence-corrected chi connectivity index (χ1v) is 8.61. The summed E-state index contributed by atoms with van der Waals surface area (Å²) < 4.78 is 28.1. The van der Waals surface area contributed by atoms with Gasteiger partial charge in [-0.25, -0.2) is 13.2 Å². The van der Waals surface area contributed by atoms with E-state index in [-0.39, 0.29) is 11.5 Å². The van der Waals surface area contributed by atoms with Crippen molar-refractivity contribution in [1.29, 1.82) is 0 Å². The average Bonchev–Trinajstić information content (AvgIpc) is 2.40. The molecule has 21 heavy (non-hydrogen) atoms. The summed E-state index contributed by atoms with van der Waals surface area (Å²) in [4.78, 5) is 12.6. The number of sulfone groups is 1. The summed E-state index contributed by atoms with van der Waals surface area (Å²) in [7, 11) is -2.92. The molecule has 1 aliphatic heterocycles. The molecular weight excluding hydrogens is 318 g/mol. The molecule has 1 aromatic rings. The first-order chi connectivity index (χ1) is 9.85. The van der Waals surface area contributed by atoms with E-state index in [2.05, 4.69) is 0 Å². The van der Waals surface area contributed by atoms with Crippen LogP contribution in [0.4, 0.5) is 0 Å². The lowest BCUT2D eigenvalue weighted by Gasteiger charge is -2.27. The number of benzene rings is 1. The minimum Gasteiger partial charge on any atom is -0.482 e. The Kier molecular flexibility index (Phi) is 5.08. The summed E-state index contributed by atoms with van der Waals surface area (Å²) in [6.45, 7) is 0.953. The van der Waals surface area contributed by atoms with Crippen molar-refractivity contribution in [3.8, 4) is 5.75 Å². The molecule has 0 atom stereocenters. The van der Waals surface area contributed by atoms with E-state index in [0.29, 0.717) is 30.4 Å². The normalized spacial score (nSPS) is 18.3. The molecule has 116 valence electrons. The standard InChI is InChI=1S/C13H16ClNO5S/c14-11-1-2-12(20-9-13(16)17)10(7-11)8-15-3-5-21(18,19)6-4-15/h1-2,7H,3-6,8-9H2,(H,16,17). The molecule has 0 aromatic heterocycles. The fraction of sp³-hybridized carbons (Fsp3) is 0.462. The molecule has 8 heteroatoms. The van der Waals surface area contributed by atoms with Gasteiger partial charge >= 0.3 is 5.97 Å². The van der Waals surface area contributed by atoms with Crippen LogP contribution in [0.2, 0.25) is 5.02 Å². The maximum Gasteiger partial charge on any atom is 0.341 e. The van der Waals surface area contributed by atoms with Crippen LogP contribution in [0.3, 0.4) is 0 Å². The van der Waals surface area contributed by atoms with Crippen molar-refractivity contribution in [2.45, 2.75) is 6.54 Å². The quantitative estimate of drug-likeness (QED) is 0.866. The van der Waals surface area contributed by atoms with Crippen LogP contribution in [0.1, 0.15) is 5.56 Å². The number of aliphatic carboxylic acids is 1. The van der Waals surface area contributed by atoms with Crippen molar-refractivity contribution in [3.63, 3.8) is 0 Å². The van der Waals surface area contributed by atoms with E-state index < -0.39 is 22.4 Å². The smallest absolute Gasteiger partial charge is 0.341 e. The van der Waals surface area contributed by atoms with E-state index in [1.807, 2.05) is 4.90 Å². The van der Waals surface area contributed by atoms with Crippen molar-refractivity contribution in [2.24, 2.45) is 0 Å². The fourth-order valence-electron chi connectivity index (χ4n) is 2.10. The minimum absolute atomic E-state index is 0.138. The molecule has 1 saturated heterocycles. The molecule has 0 amide bonds. The van der Waals surface area contributed by atoms with Crippen LogP contribution in [0.5, 0.6) is 5.75 Å². The SMILES string of the molecule is O=C(O)COc1ccc(Cl)cc1CN1CCS(=O)(=O)CC1. The maximum absolute atomic E-state index is 11.4. The third kappa shape index (κ3) is 4.87. The van der Waals surface area contributed by atoms with Gasteiger partial charge in [-0.2, -0.15) is 0 Å². The van der Waals surface area contributed by atoms with E-state index in [0.717, 1.165) is 5.56 Å². The Labute approximate surface area is 128 Å². The van der Waals surface area contributed by atoms with Gasteiger partial charge in [0.15, 0.2) is 16.4 Å². The molecule has 1 aliphatic rings. The van der Waals surface area contributed by atoms with E-state index >= 15 is 0 Å². The molecule has 0 saturated carbocycles. The molecule has 1 N–H and O–H groups in total. The molecule has 0 unspecified atom stereocenters.